The van der Waals surface area contributed by atoms with Crippen molar-refractivity contribution in [2.75, 3.05) is 6.54 Å². The molecule has 6 N–H and O–H groups in total. The van der Waals surface area contributed by atoms with Crippen molar-refractivity contribution in [1.82, 2.24) is 10.6 Å². The van der Waals surface area contributed by atoms with E-state index in [4.69, 9.17) is 16.2 Å². The Bertz CT molecular complexity index is 489. The van der Waals surface area contributed by atoms with Crippen LogP contribution < -0.4 is 22.1 Å². The van der Waals surface area contributed by atoms with Gasteiger partial charge in [-0.05, 0) is 44.4 Å². The Hall–Kier alpha value is -1.83. The molecule has 162 valence electrons. The summed E-state index contributed by atoms with van der Waals surface area (Å²) >= 11 is 0. The Kier molecular flexibility index (Phi) is 11.6. The molecule has 0 aromatic heterocycles. The van der Waals surface area contributed by atoms with Gasteiger partial charge in [-0.15, -0.1) is 0 Å². The highest BCUT2D eigenvalue weighted by Crippen LogP contribution is 2.20. The first kappa shape index (κ1) is 24.2. The molecule has 0 saturated heterocycles. The van der Waals surface area contributed by atoms with E-state index in [0.29, 0.717) is 19.4 Å². The van der Waals surface area contributed by atoms with Crippen LogP contribution >= 0.6 is 0 Å². The molecule has 1 fully saturated rings. The lowest BCUT2D eigenvalue weighted by atomic mass is 10.0. The van der Waals surface area contributed by atoms with Crippen LogP contribution in [-0.4, -0.2) is 42.6 Å². The third-order valence-electron chi connectivity index (χ3n) is 5.18. The second kappa shape index (κ2) is 13.4. The molecule has 8 nitrogen and oxygen atoms in total. The standard InChI is InChI=1S/C20H38N4O4/c1-14(2)17(21)18(25)24-16(12-9-13-23-20(22)27)19(26)28-15-10-7-5-3-4-6-8-11-15/h14-17H,3-13,21H2,1-2H3,(H,24,25)(H3,22,23,27)/t16-,17-/m0/s1. The molecule has 0 aromatic rings. The molecule has 0 heterocycles. The van der Waals surface area contributed by atoms with Gasteiger partial charge in [0.1, 0.15) is 12.1 Å². The Labute approximate surface area is 168 Å². The Morgan fingerprint density at radius 1 is 1.04 bits per heavy atom. The van der Waals surface area contributed by atoms with Crippen LogP contribution in [0.3, 0.4) is 0 Å². The zero-order valence-electron chi connectivity index (χ0n) is 17.4. The highest BCUT2D eigenvalue weighted by molar-refractivity contribution is 5.87. The number of urea groups is 1. The Balaban J connectivity index is 2.66. The van der Waals surface area contributed by atoms with E-state index in [1.165, 1.54) is 12.8 Å². The number of primary amides is 1. The van der Waals surface area contributed by atoms with E-state index in [1.54, 1.807) is 0 Å². The number of esters is 1. The molecule has 0 unspecified atom stereocenters. The fourth-order valence-electron chi connectivity index (χ4n) is 3.30. The summed E-state index contributed by atoms with van der Waals surface area (Å²) in [5.41, 5.74) is 11.0. The summed E-state index contributed by atoms with van der Waals surface area (Å²) in [6.45, 7) is 4.03. The normalized spacial score (nSPS) is 18.3. The second-order valence-corrected chi connectivity index (χ2v) is 8.02. The number of carbonyl (C=O) groups is 3. The maximum Gasteiger partial charge on any atom is 0.328 e. The van der Waals surface area contributed by atoms with Gasteiger partial charge >= 0.3 is 12.0 Å². The van der Waals surface area contributed by atoms with Gasteiger partial charge in [-0.25, -0.2) is 9.59 Å². The zero-order chi connectivity index (χ0) is 20.9. The summed E-state index contributed by atoms with van der Waals surface area (Å²) in [6, 6.07) is -2.08. The van der Waals surface area contributed by atoms with Gasteiger partial charge in [0.2, 0.25) is 5.91 Å². The smallest absolute Gasteiger partial charge is 0.328 e. The van der Waals surface area contributed by atoms with Gasteiger partial charge in [0, 0.05) is 6.54 Å². The summed E-state index contributed by atoms with van der Waals surface area (Å²) in [5, 5.41) is 5.22. The average Bonchev–Trinajstić information content (AvgIpc) is 2.77. The number of amides is 3. The van der Waals surface area contributed by atoms with E-state index >= 15 is 0 Å². The average molecular weight is 399 g/mol. The Morgan fingerprint density at radius 2 is 1.61 bits per heavy atom. The molecule has 28 heavy (non-hydrogen) atoms. The van der Waals surface area contributed by atoms with Gasteiger partial charge < -0.3 is 26.8 Å². The van der Waals surface area contributed by atoms with E-state index < -0.39 is 24.1 Å². The molecule has 0 bridgehead atoms. The van der Waals surface area contributed by atoms with Crippen molar-refractivity contribution in [1.29, 1.82) is 0 Å². The third-order valence-corrected chi connectivity index (χ3v) is 5.18. The number of rotatable bonds is 9. The molecule has 2 atom stereocenters. The summed E-state index contributed by atoms with van der Waals surface area (Å²) in [4.78, 5) is 35.9. The van der Waals surface area contributed by atoms with Crippen LogP contribution in [0, 0.1) is 5.92 Å². The maximum absolute atomic E-state index is 12.8. The van der Waals surface area contributed by atoms with Crippen LogP contribution in [0.5, 0.6) is 0 Å². The van der Waals surface area contributed by atoms with E-state index in [2.05, 4.69) is 10.6 Å². The molecule has 0 radical (unpaired) electrons. The summed E-state index contributed by atoms with van der Waals surface area (Å²) in [6.07, 6.45) is 9.36. The highest BCUT2D eigenvalue weighted by Gasteiger charge is 2.28. The molecule has 8 heteroatoms. The molecular weight excluding hydrogens is 360 g/mol. The van der Waals surface area contributed by atoms with E-state index in [-0.39, 0.29) is 17.9 Å². The minimum Gasteiger partial charge on any atom is -0.461 e. The van der Waals surface area contributed by atoms with Crippen molar-refractivity contribution in [3.63, 3.8) is 0 Å². The predicted molar refractivity (Wildman–Crippen MR) is 108 cm³/mol. The fraction of sp³-hybridized carbons (Fsp3) is 0.850. The minimum absolute atomic E-state index is 0.0393. The van der Waals surface area contributed by atoms with Gasteiger partial charge in [-0.1, -0.05) is 39.5 Å². The van der Waals surface area contributed by atoms with Crippen LogP contribution in [0.4, 0.5) is 4.79 Å². The zero-order valence-corrected chi connectivity index (χ0v) is 17.4. The number of carbonyl (C=O) groups excluding carboxylic acids is 3. The topological polar surface area (TPSA) is 137 Å². The molecule has 0 aliphatic heterocycles. The van der Waals surface area contributed by atoms with Gasteiger partial charge in [0.05, 0.1) is 6.04 Å². The monoisotopic (exact) mass is 398 g/mol. The number of hydrogen-bond donors (Lipinski definition) is 4. The molecule has 0 aromatic carbocycles. The largest absolute Gasteiger partial charge is 0.461 e. The molecule has 1 aliphatic rings. The van der Waals surface area contributed by atoms with Crippen molar-refractivity contribution >= 4 is 17.9 Å². The van der Waals surface area contributed by atoms with Crippen molar-refractivity contribution in [2.45, 2.75) is 96.2 Å². The number of hydrogen-bond acceptors (Lipinski definition) is 5. The van der Waals surface area contributed by atoms with Crippen LogP contribution in [0.25, 0.3) is 0 Å². The van der Waals surface area contributed by atoms with Crippen molar-refractivity contribution in [3.8, 4) is 0 Å². The summed E-state index contributed by atoms with van der Waals surface area (Å²) in [7, 11) is 0. The lowest BCUT2D eigenvalue weighted by molar-refractivity contribution is -0.154. The van der Waals surface area contributed by atoms with Gasteiger partial charge in [0.25, 0.3) is 0 Å². The molecule has 3 amide bonds. The van der Waals surface area contributed by atoms with Crippen molar-refractivity contribution in [2.24, 2.45) is 17.4 Å². The van der Waals surface area contributed by atoms with Crippen LogP contribution in [0.2, 0.25) is 0 Å². The lowest BCUT2D eigenvalue weighted by Gasteiger charge is -2.24. The number of nitrogens with one attached hydrogen (secondary N) is 2. The third kappa shape index (κ3) is 9.92. The minimum atomic E-state index is -0.778. The first-order valence-corrected chi connectivity index (χ1v) is 10.6. The van der Waals surface area contributed by atoms with Crippen LogP contribution in [0.1, 0.15) is 78.1 Å². The lowest BCUT2D eigenvalue weighted by Crippen LogP contribution is -2.51. The molecule has 0 spiro atoms. The molecular formula is C20H38N4O4. The van der Waals surface area contributed by atoms with Gasteiger partial charge in [-0.2, -0.15) is 0 Å². The number of ether oxygens (including phenoxy) is 1. The number of nitrogens with two attached hydrogens (primary N) is 2. The van der Waals surface area contributed by atoms with E-state index in [1.807, 2.05) is 13.8 Å². The van der Waals surface area contributed by atoms with Gasteiger partial charge in [-0.3, -0.25) is 4.79 Å². The SMILES string of the molecule is CC(C)[C@H](N)C(=O)N[C@@H](CCCNC(N)=O)C(=O)OC1CCCCCCCC1. The predicted octanol–water partition coefficient (Wildman–Crippen LogP) is 1.95. The van der Waals surface area contributed by atoms with Crippen molar-refractivity contribution < 1.29 is 19.1 Å². The summed E-state index contributed by atoms with van der Waals surface area (Å²) < 4.78 is 5.76. The first-order valence-electron chi connectivity index (χ1n) is 10.6. The van der Waals surface area contributed by atoms with E-state index in [0.717, 1.165) is 38.5 Å². The van der Waals surface area contributed by atoms with Crippen molar-refractivity contribution in [3.05, 3.63) is 0 Å². The molecule has 1 aliphatic carbocycles. The molecule has 1 saturated carbocycles. The second-order valence-electron chi connectivity index (χ2n) is 8.02. The molecule has 1 rings (SSSR count). The maximum atomic E-state index is 12.8. The first-order chi connectivity index (χ1) is 13.3. The van der Waals surface area contributed by atoms with Gasteiger partial charge in [0.15, 0.2) is 0 Å². The summed E-state index contributed by atoms with van der Waals surface area (Å²) in [5.74, 6) is -0.829. The fourth-order valence-corrected chi connectivity index (χ4v) is 3.30. The van der Waals surface area contributed by atoms with Crippen LogP contribution in [0.15, 0.2) is 0 Å². The highest BCUT2D eigenvalue weighted by atomic mass is 16.5. The Morgan fingerprint density at radius 3 is 2.14 bits per heavy atom. The van der Waals surface area contributed by atoms with E-state index in [9.17, 15) is 14.4 Å². The van der Waals surface area contributed by atoms with Crippen LogP contribution in [-0.2, 0) is 14.3 Å². The quantitative estimate of drug-likeness (QED) is 0.347.